The second-order valence-corrected chi connectivity index (χ2v) is 5.60. The lowest BCUT2D eigenvalue weighted by atomic mass is 10.4. The molecule has 17 heavy (non-hydrogen) atoms. The Bertz CT molecular complexity index is 536. The monoisotopic (exact) mass is 271 g/mol. The van der Waals surface area contributed by atoms with Crippen LogP contribution in [0.4, 0.5) is 5.69 Å². The molecule has 9 heteroatoms. The molecule has 0 saturated heterocycles. The number of nitrogens with zero attached hydrogens (tertiary/aromatic N) is 5. The van der Waals surface area contributed by atoms with Crippen molar-refractivity contribution in [2.45, 2.75) is 29.3 Å². The van der Waals surface area contributed by atoms with E-state index in [4.69, 9.17) is 0 Å². The number of tetrazole rings is 1. The van der Waals surface area contributed by atoms with Gasteiger partial charge in [0, 0.05) is 6.07 Å². The summed E-state index contributed by atoms with van der Waals surface area (Å²) in [5.41, 5.74) is 0.0957. The Morgan fingerprint density at radius 1 is 1.59 bits per heavy atom. The third kappa shape index (κ3) is 2.44. The van der Waals surface area contributed by atoms with Crippen LogP contribution < -0.4 is 0 Å². The van der Waals surface area contributed by atoms with Crippen molar-refractivity contribution in [3.63, 3.8) is 0 Å². The highest BCUT2D eigenvalue weighted by Crippen LogP contribution is 2.38. The third-order valence-electron chi connectivity index (χ3n) is 1.94. The highest BCUT2D eigenvalue weighted by Gasteiger charge is 2.20. The molecule has 2 aromatic heterocycles. The summed E-state index contributed by atoms with van der Waals surface area (Å²) in [6.45, 7) is 3.90. The molecule has 0 fully saturated rings. The first kappa shape index (κ1) is 12.0. The summed E-state index contributed by atoms with van der Waals surface area (Å²) in [7, 11) is 0. The van der Waals surface area contributed by atoms with Gasteiger partial charge in [-0.2, -0.15) is 0 Å². The molecule has 2 aromatic rings. The maximum absolute atomic E-state index is 10.8. The van der Waals surface area contributed by atoms with Crippen molar-refractivity contribution in [3.05, 3.63) is 21.6 Å². The molecular weight excluding hydrogens is 262 g/mol. The van der Waals surface area contributed by atoms with Gasteiger partial charge in [-0.15, -0.1) is 16.4 Å². The van der Waals surface area contributed by atoms with E-state index in [0.717, 1.165) is 0 Å². The van der Waals surface area contributed by atoms with Gasteiger partial charge in [0.1, 0.15) is 4.21 Å². The van der Waals surface area contributed by atoms with Crippen molar-refractivity contribution in [2.75, 3.05) is 0 Å². The summed E-state index contributed by atoms with van der Waals surface area (Å²) in [5, 5.41) is 24.3. The van der Waals surface area contributed by atoms with Crippen LogP contribution in [0.1, 0.15) is 19.9 Å². The molecule has 0 aromatic carbocycles. The van der Waals surface area contributed by atoms with Crippen molar-refractivity contribution in [1.29, 1.82) is 0 Å². The van der Waals surface area contributed by atoms with Gasteiger partial charge in [-0.25, -0.2) is 4.68 Å². The smallest absolute Gasteiger partial charge is 0.258 e. The number of nitro groups is 1. The number of hydrogen-bond donors (Lipinski definition) is 0. The fourth-order valence-corrected chi connectivity index (χ4v) is 3.16. The van der Waals surface area contributed by atoms with E-state index in [0.29, 0.717) is 9.37 Å². The molecule has 0 saturated carbocycles. The minimum Gasteiger partial charge on any atom is -0.258 e. The minimum absolute atomic E-state index is 0.0957. The quantitative estimate of drug-likeness (QED) is 0.626. The zero-order chi connectivity index (χ0) is 12.4. The number of aromatic nitrogens is 4. The zero-order valence-corrected chi connectivity index (χ0v) is 10.7. The Hall–Kier alpha value is -1.48. The Morgan fingerprint density at radius 3 is 3.00 bits per heavy atom. The number of thiophene rings is 1. The zero-order valence-electron chi connectivity index (χ0n) is 9.10. The van der Waals surface area contributed by atoms with Crippen LogP contribution >= 0.6 is 23.1 Å². The molecule has 90 valence electrons. The van der Waals surface area contributed by atoms with E-state index in [9.17, 15) is 10.1 Å². The number of hydrogen-bond acceptors (Lipinski definition) is 7. The van der Waals surface area contributed by atoms with Crippen LogP contribution in [0.25, 0.3) is 0 Å². The summed E-state index contributed by atoms with van der Waals surface area (Å²) >= 11 is 2.52. The van der Waals surface area contributed by atoms with Crippen LogP contribution in [0.3, 0.4) is 0 Å². The van der Waals surface area contributed by atoms with E-state index in [1.54, 1.807) is 10.1 Å². The highest BCUT2D eigenvalue weighted by molar-refractivity contribution is 8.01. The van der Waals surface area contributed by atoms with Gasteiger partial charge in [0.05, 0.1) is 11.0 Å². The normalized spacial score (nSPS) is 11.0. The first-order valence-electron chi connectivity index (χ1n) is 4.77. The van der Waals surface area contributed by atoms with Gasteiger partial charge < -0.3 is 0 Å². The van der Waals surface area contributed by atoms with E-state index in [1.165, 1.54) is 29.2 Å². The van der Waals surface area contributed by atoms with Crippen LogP contribution in [0.2, 0.25) is 0 Å². The van der Waals surface area contributed by atoms with Crippen molar-refractivity contribution in [2.24, 2.45) is 0 Å². The predicted molar refractivity (Wildman–Crippen MR) is 63.3 cm³/mol. The maximum Gasteiger partial charge on any atom is 0.294 e. The molecule has 0 amide bonds. The second kappa shape index (κ2) is 4.80. The van der Waals surface area contributed by atoms with E-state index < -0.39 is 4.92 Å². The standard InChI is InChI=1S/C8H9N5O2S2/c1-5(2)12-8(9-10-11-12)17-7-6(13(14)15)3-4-16-7/h3-5H,1-2H3. The fourth-order valence-electron chi connectivity index (χ4n) is 1.16. The van der Waals surface area contributed by atoms with Gasteiger partial charge in [0.2, 0.25) is 5.16 Å². The largest absolute Gasteiger partial charge is 0.294 e. The fraction of sp³-hybridized carbons (Fsp3) is 0.375. The van der Waals surface area contributed by atoms with Gasteiger partial charge in [-0.05, 0) is 41.4 Å². The van der Waals surface area contributed by atoms with Crippen molar-refractivity contribution in [1.82, 2.24) is 20.2 Å². The lowest BCUT2D eigenvalue weighted by molar-refractivity contribution is -0.387. The third-order valence-corrected chi connectivity index (χ3v) is 4.02. The Morgan fingerprint density at radius 2 is 2.35 bits per heavy atom. The molecule has 0 bridgehead atoms. The van der Waals surface area contributed by atoms with Crippen molar-refractivity contribution in [3.8, 4) is 0 Å². The van der Waals surface area contributed by atoms with Crippen LogP contribution in [0.5, 0.6) is 0 Å². The summed E-state index contributed by atoms with van der Waals surface area (Å²) in [6.07, 6.45) is 0. The summed E-state index contributed by atoms with van der Waals surface area (Å²) in [5.74, 6) is 0. The van der Waals surface area contributed by atoms with Gasteiger partial charge in [0.25, 0.3) is 5.69 Å². The molecule has 0 aliphatic heterocycles. The number of rotatable bonds is 4. The molecule has 0 spiro atoms. The van der Waals surface area contributed by atoms with Crippen molar-refractivity contribution < 1.29 is 4.92 Å². The van der Waals surface area contributed by atoms with Gasteiger partial charge in [-0.1, -0.05) is 0 Å². The average Bonchev–Trinajstić information content (AvgIpc) is 2.86. The molecule has 0 aliphatic carbocycles. The van der Waals surface area contributed by atoms with E-state index in [2.05, 4.69) is 15.5 Å². The first-order valence-corrected chi connectivity index (χ1v) is 6.47. The molecule has 7 nitrogen and oxygen atoms in total. The predicted octanol–water partition coefficient (Wildman–Crippen LogP) is 2.37. The topological polar surface area (TPSA) is 86.7 Å². The molecule has 0 radical (unpaired) electrons. The molecule has 0 unspecified atom stereocenters. The lowest BCUT2D eigenvalue weighted by Gasteiger charge is -2.05. The molecule has 0 N–H and O–H groups in total. The molecular formula is C8H9N5O2S2. The lowest BCUT2D eigenvalue weighted by Crippen LogP contribution is -2.04. The van der Waals surface area contributed by atoms with E-state index in [-0.39, 0.29) is 11.7 Å². The second-order valence-electron chi connectivity index (χ2n) is 3.45. The summed E-state index contributed by atoms with van der Waals surface area (Å²) in [6, 6.07) is 1.60. The Balaban J connectivity index is 2.29. The van der Waals surface area contributed by atoms with Crippen LogP contribution in [0, 0.1) is 10.1 Å². The van der Waals surface area contributed by atoms with E-state index >= 15 is 0 Å². The van der Waals surface area contributed by atoms with Crippen LogP contribution in [-0.4, -0.2) is 25.1 Å². The molecule has 0 aliphatic rings. The Kier molecular flexibility index (Phi) is 3.38. The highest BCUT2D eigenvalue weighted by atomic mass is 32.2. The summed E-state index contributed by atoms with van der Waals surface area (Å²) in [4.78, 5) is 10.4. The van der Waals surface area contributed by atoms with Gasteiger partial charge in [-0.3, -0.25) is 10.1 Å². The molecule has 0 atom stereocenters. The van der Waals surface area contributed by atoms with Crippen molar-refractivity contribution >= 4 is 28.8 Å². The average molecular weight is 271 g/mol. The SMILES string of the molecule is CC(C)n1nnnc1Sc1sccc1[N+](=O)[O-]. The van der Waals surface area contributed by atoms with Gasteiger partial charge >= 0.3 is 0 Å². The van der Waals surface area contributed by atoms with E-state index in [1.807, 2.05) is 13.8 Å². The van der Waals surface area contributed by atoms with Crippen LogP contribution in [0.15, 0.2) is 20.8 Å². The first-order chi connectivity index (χ1) is 8.09. The Labute approximate surface area is 105 Å². The summed E-state index contributed by atoms with van der Waals surface area (Å²) < 4.78 is 2.22. The maximum atomic E-state index is 10.8. The molecule has 2 rings (SSSR count). The molecule has 2 heterocycles. The van der Waals surface area contributed by atoms with Crippen LogP contribution in [-0.2, 0) is 0 Å². The van der Waals surface area contributed by atoms with Gasteiger partial charge in [0.15, 0.2) is 0 Å². The minimum atomic E-state index is -0.400.